The van der Waals surface area contributed by atoms with Gasteiger partial charge in [-0.1, -0.05) is 37.1 Å². The van der Waals surface area contributed by atoms with Crippen LogP contribution in [0.25, 0.3) is 21.5 Å². The molecule has 0 bridgehead atoms. The van der Waals surface area contributed by atoms with Crippen molar-refractivity contribution in [2.45, 2.75) is 52.9 Å². The first kappa shape index (κ1) is 37.6. The van der Waals surface area contributed by atoms with Gasteiger partial charge < -0.3 is 10.2 Å². The maximum Gasteiger partial charge on any atom is 2.00 e. The van der Waals surface area contributed by atoms with Gasteiger partial charge in [-0.2, -0.15) is 38.5 Å². The fraction of sp³-hybridized carbons (Fsp3) is 0.211. The molecule has 0 aromatic heterocycles. The van der Waals surface area contributed by atoms with Crippen LogP contribution in [0.15, 0.2) is 97.1 Å². The summed E-state index contributed by atoms with van der Waals surface area (Å²) in [6.07, 6.45) is -6.43. The molecule has 0 aliphatic heterocycles. The van der Waals surface area contributed by atoms with Crippen molar-refractivity contribution in [3.8, 4) is 11.5 Å². The van der Waals surface area contributed by atoms with Crippen LogP contribution in [0.4, 0.5) is 26.3 Å². The van der Waals surface area contributed by atoms with Crippen LogP contribution >= 0.6 is 0 Å². The van der Waals surface area contributed by atoms with Crippen molar-refractivity contribution >= 4 is 21.5 Å². The van der Waals surface area contributed by atoms with Gasteiger partial charge in [-0.3, -0.25) is 0 Å². The van der Waals surface area contributed by atoms with Crippen molar-refractivity contribution in [3.05, 3.63) is 142 Å². The average Bonchev–Trinajstić information content (AvgIpc) is 3.63. The molecule has 0 aliphatic carbocycles. The fourth-order valence-electron chi connectivity index (χ4n) is 5.18. The van der Waals surface area contributed by atoms with E-state index in [0.717, 1.165) is 61.4 Å². The zero-order valence-electron chi connectivity index (χ0n) is 26.3. The minimum atomic E-state index is -4.33. The number of hydrogen-bond donors (Lipinski definition) is 2. The summed E-state index contributed by atoms with van der Waals surface area (Å²) >= 11 is 0. The molecule has 2 nitrogen and oxygen atoms in total. The Morgan fingerprint density at radius 1 is 0.489 bits per heavy atom. The number of phenolic OH excluding ortho intramolecular Hbond substituents is 2. The Morgan fingerprint density at radius 2 is 0.787 bits per heavy atom. The van der Waals surface area contributed by atoms with Crippen LogP contribution in [0.1, 0.15) is 44.5 Å². The van der Waals surface area contributed by atoms with E-state index < -0.39 is 23.5 Å². The Morgan fingerprint density at radius 3 is 1.06 bits per heavy atom. The number of hydrogen-bond acceptors (Lipinski definition) is 2. The third-order valence-corrected chi connectivity index (χ3v) is 7.86. The number of aryl methyl sites for hydroxylation is 6. The maximum atomic E-state index is 11.8. The Labute approximate surface area is 289 Å². The number of aromatic hydroxyl groups is 2. The molecule has 0 heterocycles. The topological polar surface area (TPSA) is 40.5 Å². The molecule has 0 saturated carbocycles. The van der Waals surface area contributed by atoms with Crippen LogP contribution < -0.4 is 0 Å². The Bertz CT molecular complexity index is 1690. The van der Waals surface area contributed by atoms with Gasteiger partial charge in [0.25, 0.3) is 0 Å². The predicted molar refractivity (Wildman–Crippen MR) is 172 cm³/mol. The quantitative estimate of drug-likeness (QED) is 0.141. The second-order valence-electron chi connectivity index (χ2n) is 11.4. The summed E-state index contributed by atoms with van der Waals surface area (Å²) in [6, 6.07) is 25.8. The Kier molecular flexibility index (Phi) is 12.3. The molecule has 244 valence electrons. The second-order valence-corrected chi connectivity index (χ2v) is 11.4. The van der Waals surface area contributed by atoms with Crippen LogP contribution in [0, 0.1) is 27.7 Å². The van der Waals surface area contributed by atoms with E-state index in [1.165, 1.54) is 54.9 Å². The zero-order valence-corrected chi connectivity index (χ0v) is 28.8. The number of halogens is 6. The molecular formula is C38H34F6O2Zr. The minimum Gasteiger partial charge on any atom is -0.508 e. The SMILES string of the molecule is Cc1ccc(C)c2[cH-]c(CCc3cc4c(C)ccc(C)c4[cH-]3)cc12.Oc1ccc(C(F)(F)F)cc1.Oc1ccc(C(F)(F)F)cc1.[Zr+2]. The summed E-state index contributed by atoms with van der Waals surface area (Å²) in [5.41, 5.74) is 6.94. The van der Waals surface area contributed by atoms with Crippen molar-refractivity contribution in [2.24, 2.45) is 0 Å². The first-order valence-corrected chi connectivity index (χ1v) is 14.6. The van der Waals surface area contributed by atoms with Gasteiger partial charge in [-0.15, -0.1) is 68.1 Å². The van der Waals surface area contributed by atoms with Crippen LogP contribution in [0.5, 0.6) is 11.5 Å². The first-order chi connectivity index (χ1) is 21.5. The van der Waals surface area contributed by atoms with E-state index in [4.69, 9.17) is 10.2 Å². The molecule has 0 atom stereocenters. The molecule has 0 fully saturated rings. The summed E-state index contributed by atoms with van der Waals surface area (Å²) in [4.78, 5) is 0. The average molecular weight is 728 g/mol. The first-order valence-electron chi connectivity index (χ1n) is 14.6. The molecule has 0 amide bonds. The van der Waals surface area contributed by atoms with Crippen molar-refractivity contribution in [2.75, 3.05) is 0 Å². The number of phenols is 2. The molecular weight excluding hydrogens is 694 g/mol. The molecule has 6 rings (SSSR count). The van der Waals surface area contributed by atoms with E-state index in [9.17, 15) is 26.3 Å². The molecule has 0 radical (unpaired) electrons. The molecule has 0 unspecified atom stereocenters. The van der Waals surface area contributed by atoms with Gasteiger partial charge in [0, 0.05) is 0 Å². The molecule has 9 heteroatoms. The van der Waals surface area contributed by atoms with Gasteiger partial charge in [-0.25, -0.2) is 0 Å². The maximum absolute atomic E-state index is 11.8. The van der Waals surface area contributed by atoms with E-state index >= 15 is 0 Å². The minimum absolute atomic E-state index is 0. The van der Waals surface area contributed by atoms with Crippen LogP contribution in [0.3, 0.4) is 0 Å². The third kappa shape index (κ3) is 9.83. The van der Waals surface area contributed by atoms with E-state index in [0.29, 0.717) is 0 Å². The Balaban J connectivity index is 0.000000219. The molecule has 2 N–H and O–H groups in total. The van der Waals surface area contributed by atoms with Crippen molar-refractivity contribution < 1.29 is 62.8 Å². The molecule has 0 aliphatic rings. The monoisotopic (exact) mass is 726 g/mol. The summed E-state index contributed by atoms with van der Waals surface area (Å²) in [7, 11) is 0. The van der Waals surface area contributed by atoms with Crippen LogP contribution in [0.2, 0.25) is 0 Å². The van der Waals surface area contributed by atoms with E-state index in [1.54, 1.807) is 0 Å². The van der Waals surface area contributed by atoms with Crippen molar-refractivity contribution in [3.63, 3.8) is 0 Å². The second kappa shape index (κ2) is 15.4. The van der Waals surface area contributed by atoms with Crippen LogP contribution in [-0.2, 0) is 51.4 Å². The van der Waals surface area contributed by atoms with Gasteiger partial charge in [0.15, 0.2) is 0 Å². The van der Waals surface area contributed by atoms with Gasteiger partial charge in [0.1, 0.15) is 11.5 Å². The molecule has 6 aromatic carbocycles. The van der Waals surface area contributed by atoms with Crippen molar-refractivity contribution in [1.82, 2.24) is 0 Å². The number of rotatable bonds is 3. The van der Waals surface area contributed by atoms with Gasteiger partial charge in [0.05, 0.1) is 11.1 Å². The third-order valence-electron chi connectivity index (χ3n) is 7.86. The predicted octanol–water partition coefficient (Wildman–Crippen LogP) is 11.3. The number of alkyl halides is 6. The van der Waals surface area contributed by atoms with Gasteiger partial charge >= 0.3 is 38.6 Å². The van der Waals surface area contributed by atoms with E-state index in [-0.39, 0.29) is 37.7 Å². The van der Waals surface area contributed by atoms with E-state index in [2.05, 4.69) is 76.2 Å². The summed E-state index contributed by atoms with van der Waals surface area (Å²) < 4.78 is 71.0. The molecule has 6 aromatic rings. The molecule has 0 saturated heterocycles. The zero-order chi connectivity index (χ0) is 33.8. The fourth-order valence-corrected chi connectivity index (χ4v) is 5.18. The number of benzene rings is 4. The Hall–Kier alpha value is -3.84. The summed E-state index contributed by atoms with van der Waals surface area (Å²) in [6.45, 7) is 8.84. The standard InChI is InChI=1S/C24H24.2C7H5F3O.Zr/c1-15-5-6-16(2)22-12-19(11-21(15)22)9-10-20-13-23-17(3)7-8-18(4)24(23)14-20;2*8-7(9,10)5-1-3-6(11)4-2-5;/h5-8,11-14H,9-10H2,1-4H3;2*1-4,11H;/q-2;;;+2. The smallest absolute Gasteiger partial charge is 0.508 e. The van der Waals surface area contributed by atoms with E-state index in [1.807, 2.05) is 0 Å². The number of fused-ring (bicyclic) bond motifs is 2. The normalized spacial score (nSPS) is 11.4. The summed E-state index contributed by atoms with van der Waals surface area (Å²) in [5.74, 6) is -0.337. The molecule has 47 heavy (non-hydrogen) atoms. The molecule has 0 spiro atoms. The van der Waals surface area contributed by atoms with Crippen molar-refractivity contribution in [1.29, 1.82) is 0 Å². The van der Waals surface area contributed by atoms with Crippen LogP contribution in [-0.4, -0.2) is 10.2 Å². The largest absolute Gasteiger partial charge is 2.00 e. The van der Waals surface area contributed by atoms with Gasteiger partial charge in [0.2, 0.25) is 0 Å². The van der Waals surface area contributed by atoms with Gasteiger partial charge in [-0.05, 0) is 75.2 Å². The summed E-state index contributed by atoms with van der Waals surface area (Å²) in [5, 5.41) is 23.0.